The normalized spacial score (nSPS) is 12.2. The monoisotopic (exact) mass is 323 g/mol. The first kappa shape index (κ1) is 13.7. The first-order valence-electron chi connectivity index (χ1n) is 5.69. The second-order valence-electron chi connectivity index (χ2n) is 4.06. The van der Waals surface area contributed by atoms with E-state index >= 15 is 0 Å². The SMILES string of the molecule is C=CC(OC(=O)OC)c1cc2cc(Br)ccc2n1C. The number of ether oxygens (including phenoxy) is 2. The van der Waals surface area contributed by atoms with Gasteiger partial charge in [0.1, 0.15) is 0 Å². The lowest BCUT2D eigenvalue weighted by Gasteiger charge is -2.14. The molecule has 0 amide bonds. The smallest absolute Gasteiger partial charge is 0.438 e. The van der Waals surface area contributed by atoms with Crippen molar-refractivity contribution in [2.45, 2.75) is 6.10 Å². The van der Waals surface area contributed by atoms with Crippen LogP contribution >= 0.6 is 15.9 Å². The largest absolute Gasteiger partial charge is 0.508 e. The number of carbonyl (C=O) groups excluding carboxylic acids is 1. The van der Waals surface area contributed by atoms with E-state index in [1.807, 2.05) is 35.9 Å². The molecule has 2 aromatic rings. The number of hydrogen-bond acceptors (Lipinski definition) is 3. The van der Waals surface area contributed by atoms with Crippen LogP contribution in [0.5, 0.6) is 0 Å². The standard InChI is InChI=1S/C14H14BrNO3/c1-4-13(19-14(17)18-3)12-8-9-7-10(15)5-6-11(9)16(12)2/h4-8,13H,1H2,2-3H3. The van der Waals surface area contributed by atoms with E-state index in [1.54, 1.807) is 6.08 Å². The van der Waals surface area contributed by atoms with Gasteiger partial charge in [0.15, 0.2) is 6.10 Å². The van der Waals surface area contributed by atoms with E-state index in [0.717, 1.165) is 21.1 Å². The fourth-order valence-electron chi connectivity index (χ4n) is 2.00. The maximum Gasteiger partial charge on any atom is 0.508 e. The third-order valence-electron chi connectivity index (χ3n) is 2.94. The van der Waals surface area contributed by atoms with Crippen molar-refractivity contribution in [3.63, 3.8) is 0 Å². The van der Waals surface area contributed by atoms with Crippen LogP contribution in [0.2, 0.25) is 0 Å². The molecule has 1 aromatic carbocycles. The summed E-state index contributed by atoms with van der Waals surface area (Å²) < 4.78 is 12.6. The van der Waals surface area contributed by atoms with Gasteiger partial charge < -0.3 is 14.0 Å². The minimum absolute atomic E-state index is 0.538. The van der Waals surface area contributed by atoms with Crippen molar-refractivity contribution in [3.8, 4) is 0 Å². The van der Waals surface area contributed by atoms with Crippen molar-refractivity contribution < 1.29 is 14.3 Å². The van der Waals surface area contributed by atoms with Crippen LogP contribution in [-0.4, -0.2) is 17.8 Å². The lowest BCUT2D eigenvalue weighted by molar-refractivity contribution is 0.0503. The van der Waals surface area contributed by atoms with Gasteiger partial charge in [0.25, 0.3) is 0 Å². The molecule has 4 nitrogen and oxygen atoms in total. The minimum atomic E-state index is -0.726. The van der Waals surface area contributed by atoms with Gasteiger partial charge in [-0.3, -0.25) is 0 Å². The molecule has 0 radical (unpaired) electrons. The molecular weight excluding hydrogens is 310 g/mol. The Balaban J connectivity index is 2.45. The topological polar surface area (TPSA) is 40.5 Å². The van der Waals surface area contributed by atoms with Crippen LogP contribution in [0.15, 0.2) is 41.4 Å². The van der Waals surface area contributed by atoms with E-state index in [1.165, 1.54) is 7.11 Å². The number of fused-ring (bicyclic) bond motifs is 1. The van der Waals surface area contributed by atoms with Crippen LogP contribution in [-0.2, 0) is 16.5 Å². The molecule has 0 saturated carbocycles. The first-order chi connectivity index (χ1) is 9.06. The predicted octanol–water partition coefficient (Wildman–Crippen LogP) is 3.95. The molecule has 0 aliphatic carbocycles. The number of halogens is 1. The number of rotatable bonds is 3. The second-order valence-corrected chi connectivity index (χ2v) is 4.98. The zero-order valence-electron chi connectivity index (χ0n) is 10.7. The predicted molar refractivity (Wildman–Crippen MR) is 77.0 cm³/mol. The Labute approximate surface area is 119 Å². The molecule has 1 heterocycles. The van der Waals surface area contributed by atoms with Crippen LogP contribution in [0.1, 0.15) is 11.8 Å². The van der Waals surface area contributed by atoms with Crippen LogP contribution in [0.3, 0.4) is 0 Å². The maximum absolute atomic E-state index is 11.2. The molecule has 100 valence electrons. The Morgan fingerprint density at radius 2 is 2.21 bits per heavy atom. The van der Waals surface area contributed by atoms with Crippen molar-refractivity contribution in [3.05, 3.63) is 47.1 Å². The summed E-state index contributed by atoms with van der Waals surface area (Å²) in [4.78, 5) is 11.2. The van der Waals surface area contributed by atoms with Gasteiger partial charge in [-0.25, -0.2) is 4.79 Å². The molecule has 0 fully saturated rings. The number of nitrogens with zero attached hydrogens (tertiary/aromatic N) is 1. The van der Waals surface area contributed by atoms with Gasteiger partial charge in [-0.2, -0.15) is 0 Å². The number of aromatic nitrogens is 1. The Kier molecular flexibility index (Phi) is 3.95. The Morgan fingerprint density at radius 1 is 1.47 bits per heavy atom. The number of hydrogen-bond donors (Lipinski definition) is 0. The summed E-state index contributed by atoms with van der Waals surface area (Å²) in [5.41, 5.74) is 1.90. The minimum Gasteiger partial charge on any atom is -0.438 e. The van der Waals surface area contributed by atoms with Gasteiger partial charge in [-0.05, 0) is 30.3 Å². The molecular formula is C14H14BrNO3. The Morgan fingerprint density at radius 3 is 2.84 bits per heavy atom. The van der Waals surface area contributed by atoms with Gasteiger partial charge >= 0.3 is 6.16 Å². The first-order valence-corrected chi connectivity index (χ1v) is 6.48. The zero-order chi connectivity index (χ0) is 14.0. The van der Waals surface area contributed by atoms with Gasteiger partial charge in [-0.1, -0.05) is 22.5 Å². The molecule has 5 heteroatoms. The number of carbonyl (C=O) groups is 1. The molecule has 0 bridgehead atoms. The van der Waals surface area contributed by atoms with Crippen LogP contribution < -0.4 is 0 Å². The highest BCUT2D eigenvalue weighted by Gasteiger charge is 2.18. The number of aryl methyl sites for hydroxylation is 1. The second kappa shape index (κ2) is 5.48. The van der Waals surface area contributed by atoms with E-state index in [9.17, 15) is 4.79 Å². The zero-order valence-corrected chi connectivity index (χ0v) is 12.3. The fraction of sp³-hybridized carbons (Fsp3) is 0.214. The maximum atomic E-state index is 11.2. The van der Waals surface area contributed by atoms with E-state index in [2.05, 4.69) is 27.2 Å². The molecule has 1 unspecified atom stereocenters. The van der Waals surface area contributed by atoms with Crippen LogP contribution in [0.4, 0.5) is 4.79 Å². The summed E-state index contributed by atoms with van der Waals surface area (Å²) in [7, 11) is 3.20. The van der Waals surface area contributed by atoms with Crippen molar-refractivity contribution in [1.82, 2.24) is 4.57 Å². The molecule has 0 saturated heterocycles. The summed E-state index contributed by atoms with van der Waals surface area (Å²) in [5.74, 6) is 0. The molecule has 2 rings (SSSR count). The van der Waals surface area contributed by atoms with Crippen molar-refractivity contribution in [2.75, 3.05) is 7.11 Å². The van der Waals surface area contributed by atoms with Gasteiger partial charge in [0.2, 0.25) is 0 Å². The summed E-state index contributed by atoms with van der Waals surface area (Å²) in [6, 6.07) is 7.95. The third kappa shape index (κ3) is 2.66. The Bertz CT molecular complexity index is 633. The molecule has 0 spiro atoms. The van der Waals surface area contributed by atoms with Gasteiger partial charge in [-0.15, -0.1) is 0 Å². The average molecular weight is 324 g/mol. The lowest BCUT2D eigenvalue weighted by Crippen LogP contribution is -2.12. The van der Waals surface area contributed by atoms with Gasteiger partial charge in [0, 0.05) is 22.4 Å². The van der Waals surface area contributed by atoms with Crippen molar-refractivity contribution in [1.29, 1.82) is 0 Å². The van der Waals surface area contributed by atoms with E-state index < -0.39 is 12.3 Å². The molecule has 1 atom stereocenters. The van der Waals surface area contributed by atoms with E-state index in [4.69, 9.17) is 4.74 Å². The highest BCUT2D eigenvalue weighted by molar-refractivity contribution is 9.10. The quantitative estimate of drug-likeness (QED) is 0.634. The number of methoxy groups -OCH3 is 1. The van der Waals surface area contributed by atoms with Gasteiger partial charge in [0.05, 0.1) is 12.8 Å². The molecule has 1 aromatic heterocycles. The summed E-state index contributed by atoms with van der Waals surface area (Å²) in [6.07, 6.45) is 0.306. The van der Waals surface area contributed by atoms with Crippen LogP contribution in [0, 0.1) is 0 Å². The van der Waals surface area contributed by atoms with Crippen molar-refractivity contribution in [2.24, 2.45) is 7.05 Å². The lowest BCUT2D eigenvalue weighted by atomic mass is 10.2. The van der Waals surface area contributed by atoms with Crippen molar-refractivity contribution >= 4 is 33.0 Å². The van der Waals surface area contributed by atoms with E-state index in [0.29, 0.717) is 0 Å². The summed E-state index contributed by atoms with van der Waals surface area (Å²) >= 11 is 3.44. The highest BCUT2D eigenvalue weighted by atomic mass is 79.9. The third-order valence-corrected chi connectivity index (χ3v) is 3.43. The van der Waals surface area contributed by atoms with E-state index in [-0.39, 0.29) is 0 Å². The molecule has 0 N–H and O–H groups in total. The summed E-state index contributed by atoms with van der Waals surface area (Å²) in [6.45, 7) is 3.70. The average Bonchev–Trinajstić information content (AvgIpc) is 2.72. The highest BCUT2D eigenvalue weighted by Crippen LogP contribution is 2.28. The molecule has 0 aliphatic rings. The fourth-order valence-corrected chi connectivity index (χ4v) is 2.37. The Hall–Kier alpha value is -1.75. The molecule has 19 heavy (non-hydrogen) atoms. The molecule has 0 aliphatic heterocycles. The van der Waals surface area contributed by atoms with Crippen LogP contribution in [0.25, 0.3) is 10.9 Å². The summed E-state index contributed by atoms with van der Waals surface area (Å²) in [5, 5.41) is 1.06. The number of benzene rings is 1.